The fourth-order valence-electron chi connectivity index (χ4n) is 1.83. The molecule has 1 N–H and O–H groups in total. The maximum Gasteiger partial charge on any atom is 0.161 e. The van der Waals surface area contributed by atoms with Crippen molar-refractivity contribution in [3.05, 3.63) is 23.3 Å². The average molecular weight is 228 g/mol. The molecule has 0 aliphatic carbocycles. The van der Waals surface area contributed by atoms with E-state index in [1.165, 1.54) is 5.56 Å². The summed E-state index contributed by atoms with van der Waals surface area (Å²) < 4.78 is 10.5. The lowest BCUT2D eigenvalue weighted by Gasteiger charge is -2.23. The Hall–Kier alpha value is -0.930. The Labute approximate surface area is 94.3 Å². The monoisotopic (exact) mass is 227 g/mol. The molecule has 82 valence electrons. The minimum atomic E-state index is -0.131. The van der Waals surface area contributed by atoms with E-state index in [1.807, 2.05) is 12.1 Å². The zero-order chi connectivity index (χ0) is 10.8. The van der Waals surface area contributed by atoms with E-state index in [2.05, 4.69) is 5.32 Å². The predicted molar refractivity (Wildman–Crippen MR) is 59.8 cm³/mol. The summed E-state index contributed by atoms with van der Waals surface area (Å²) in [7, 11) is 3.27. The Morgan fingerprint density at radius 3 is 2.60 bits per heavy atom. The van der Waals surface area contributed by atoms with Gasteiger partial charge in [0.1, 0.15) is 5.50 Å². The minimum absolute atomic E-state index is 0.131. The highest BCUT2D eigenvalue weighted by Crippen LogP contribution is 2.36. The van der Waals surface area contributed by atoms with E-state index in [-0.39, 0.29) is 5.50 Å². The largest absolute Gasteiger partial charge is 0.493 e. The van der Waals surface area contributed by atoms with Crippen LogP contribution in [0.5, 0.6) is 11.5 Å². The zero-order valence-electron chi connectivity index (χ0n) is 8.84. The van der Waals surface area contributed by atoms with Crippen molar-refractivity contribution in [2.24, 2.45) is 0 Å². The van der Waals surface area contributed by atoms with Crippen LogP contribution in [0.4, 0.5) is 0 Å². The molecule has 0 saturated carbocycles. The third-order valence-corrected chi connectivity index (χ3v) is 3.03. The van der Waals surface area contributed by atoms with Crippen LogP contribution in [0.2, 0.25) is 0 Å². The first-order chi connectivity index (χ1) is 7.26. The fraction of sp³-hybridized carbons (Fsp3) is 0.455. The number of halogens is 1. The van der Waals surface area contributed by atoms with Gasteiger partial charge in [0.25, 0.3) is 0 Å². The normalized spacial score (nSPS) is 19.5. The van der Waals surface area contributed by atoms with Crippen LogP contribution in [-0.4, -0.2) is 20.8 Å². The van der Waals surface area contributed by atoms with E-state index < -0.39 is 0 Å². The number of hydrogen-bond acceptors (Lipinski definition) is 3. The molecule has 1 aliphatic rings. The van der Waals surface area contributed by atoms with E-state index in [4.69, 9.17) is 21.1 Å². The molecule has 1 aromatic carbocycles. The molecular weight excluding hydrogens is 214 g/mol. The standard InChI is InChI=1S/C11H14ClNO2/c1-14-9-5-7-3-4-13-11(12)8(7)6-10(9)15-2/h5-6,11,13H,3-4H2,1-2H3. The second-order valence-corrected chi connectivity index (χ2v) is 3.91. The third kappa shape index (κ3) is 1.90. The molecule has 3 nitrogen and oxygen atoms in total. The van der Waals surface area contributed by atoms with Crippen molar-refractivity contribution in [1.82, 2.24) is 5.32 Å². The van der Waals surface area contributed by atoms with Crippen LogP contribution in [0.1, 0.15) is 16.6 Å². The van der Waals surface area contributed by atoms with Gasteiger partial charge in [0.2, 0.25) is 0 Å². The van der Waals surface area contributed by atoms with E-state index in [1.54, 1.807) is 14.2 Å². The van der Waals surface area contributed by atoms with Gasteiger partial charge in [-0.25, -0.2) is 0 Å². The lowest BCUT2D eigenvalue weighted by Crippen LogP contribution is -2.26. The number of ether oxygens (including phenoxy) is 2. The maximum absolute atomic E-state index is 6.16. The minimum Gasteiger partial charge on any atom is -0.493 e. The lowest BCUT2D eigenvalue weighted by atomic mass is 10.00. The quantitative estimate of drug-likeness (QED) is 0.620. The van der Waals surface area contributed by atoms with Gasteiger partial charge in [-0.1, -0.05) is 0 Å². The number of methoxy groups -OCH3 is 2. The van der Waals surface area contributed by atoms with Crippen LogP contribution < -0.4 is 14.8 Å². The van der Waals surface area contributed by atoms with E-state index in [0.29, 0.717) is 0 Å². The Morgan fingerprint density at radius 1 is 1.27 bits per heavy atom. The Kier molecular flexibility index (Phi) is 3.03. The first-order valence-electron chi connectivity index (χ1n) is 4.88. The Balaban J connectivity index is 2.48. The van der Waals surface area contributed by atoms with Crippen molar-refractivity contribution in [2.45, 2.75) is 11.9 Å². The van der Waals surface area contributed by atoms with Gasteiger partial charge in [-0.2, -0.15) is 0 Å². The molecule has 0 fully saturated rings. The molecule has 4 heteroatoms. The summed E-state index contributed by atoms with van der Waals surface area (Å²) in [5.41, 5.74) is 2.18. The fourth-order valence-corrected chi connectivity index (χ4v) is 2.15. The lowest BCUT2D eigenvalue weighted by molar-refractivity contribution is 0.353. The van der Waals surface area contributed by atoms with Crippen LogP contribution in [0.3, 0.4) is 0 Å². The van der Waals surface area contributed by atoms with Gasteiger partial charge in [0.05, 0.1) is 14.2 Å². The molecule has 1 aromatic rings. The van der Waals surface area contributed by atoms with Gasteiger partial charge in [-0.3, -0.25) is 5.32 Å². The van der Waals surface area contributed by atoms with Gasteiger partial charge in [-0.05, 0) is 29.7 Å². The van der Waals surface area contributed by atoms with Crippen molar-refractivity contribution < 1.29 is 9.47 Å². The van der Waals surface area contributed by atoms with E-state index in [0.717, 1.165) is 30.0 Å². The first-order valence-corrected chi connectivity index (χ1v) is 5.32. The van der Waals surface area contributed by atoms with Gasteiger partial charge < -0.3 is 9.47 Å². The summed E-state index contributed by atoms with van der Waals surface area (Å²) in [5, 5.41) is 3.20. The van der Waals surface area contributed by atoms with Gasteiger partial charge >= 0.3 is 0 Å². The highest BCUT2D eigenvalue weighted by molar-refractivity contribution is 6.20. The predicted octanol–water partition coefficient (Wildman–Crippen LogP) is 2.09. The molecular formula is C11H14ClNO2. The molecule has 1 atom stereocenters. The number of benzene rings is 1. The molecule has 0 radical (unpaired) electrons. The molecule has 2 rings (SSSR count). The van der Waals surface area contributed by atoms with E-state index >= 15 is 0 Å². The molecule has 0 bridgehead atoms. The van der Waals surface area contributed by atoms with Crippen molar-refractivity contribution in [3.63, 3.8) is 0 Å². The zero-order valence-corrected chi connectivity index (χ0v) is 9.60. The summed E-state index contributed by atoms with van der Waals surface area (Å²) in [4.78, 5) is 0. The summed E-state index contributed by atoms with van der Waals surface area (Å²) in [6.45, 7) is 0.899. The maximum atomic E-state index is 6.16. The average Bonchev–Trinajstić information content (AvgIpc) is 2.28. The molecule has 1 unspecified atom stereocenters. The van der Waals surface area contributed by atoms with Gasteiger partial charge in [0, 0.05) is 6.54 Å². The molecule has 1 heterocycles. The second-order valence-electron chi connectivity index (χ2n) is 3.47. The highest BCUT2D eigenvalue weighted by Gasteiger charge is 2.20. The highest BCUT2D eigenvalue weighted by atomic mass is 35.5. The molecule has 0 spiro atoms. The Bertz CT molecular complexity index is 368. The van der Waals surface area contributed by atoms with Crippen LogP contribution in [0.25, 0.3) is 0 Å². The number of rotatable bonds is 2. The Morgan fingerprint density at radius 2 is 1.93 bits per heavy atom. The van der Waals surface area contributed by atoms with Crippen LogP contribution in [0.15, 0.2) is 12.1 Å². The van der Waals surface area contributed by atoms with Crippen LogP contribution >= 0.6 is 11.6 Å². The number of fused-ring (bicyclic) bond motifs is 1. The second kappa shape index (κ2) is 4.29. The molecule has 0 amide bonds. The summed E-state index contributed by atoms with van der Waals surface area (Å²) in [6, 6.07) is 3.95. The molecule has 0 aromatic heterocycles. The van der Waals surface area contributed by atoms with Crippen molar-refractivity contribution >= 4 is 11.6 Å². The molecule has 1 aliphatic heterocycles. The third-order valence-electron chi connectivity index (χ3n) is 2.64. The van der Waals surface area contributed by atoms with Gasteiger partial charge in [0.15, 0.2) is 11.5 Å². The molecule has 0 saturated heterocycles. The molecule has 15 heavy (non-hydrogen) atoms. The van der Waals surface area contributed by atoms with Crippen LogP contribution in [0, 0.1) is 0 Å². The summed E-state index contributed by atoms with van der Waals surface area (Å²) in [5.74, 6) is 1.49. The van der Waals surface area contributed by atoms with Crippen molar-refractivity contribution in [2.75, 3.05) is 20.8 Å². The van der Waals surface area contributed by atoms with Crippen molar-refractivity contribution in [3.8, 4) is 11.5 Å². The number of hydrogen-bond donors (Lipinski definition) is 1. The van der Waals surface area contributed by atoms with Crippen molar-refractivity contribution in [1.29, 1.82) is 0 Å². The summed E-state index contributed by atoms with van der Waals surface area (Å²) >= 11 is 6.16. The van der Waals surface area contributed by atoms with E-state index in [9.17, 15) is 0 Å². The SMILES string of the molecule is COc1cc2c(cc1OC)C(Cl)NCC2. The number of nitrogens with one attached hydrogen (secondary N) is 1. The number of alkyl halides is 1. The smallest absolute Gasteiger partial charge is 0.161 e. The summed E-state index contributed by atoms with van der Waals surface area (Å²) in [6.07, 6.45) is 0.971. The first kappa shape index (κ1) is 10.6. The van der Waals surface area contributed by atoms with Crippen LogP contribution in [-0.2, 0) is 6.42 Å². The topological polar surface area (TPSA) is 30.5 Å². The van der Waals surface area contributed by atoms with Gasteiger partial charge in [-0.15, -0.1) is 11.6 Å².